The van der Waals surface area contributed by atoms with Crippen molar-refractivity contribution in [3.05, 3.63) is 76.1 Å². The van der Waals surface area contributed by atoms with E-state index in [2.05, 4.69) is 45.5 Å². The van der Waals surface area contributed by atoms with Crippen molar-refractivity contribution in [1.29, 1.82) is 0 Å². The Balaban J connectivity index is 1.23. The summed E-state index contributed by atoms with van der Waals surface area (Å²) in [5, 5.41) is 5.69. The highest BCUT2D eigenvalue weighted by Crippen LogP contribution is 2.23. The number of nitrogens with zero attached hydrogens (tertiary/aromatic N) is 2. The van der Waals surface area contributed by atoms with Gasteiger partial charge in [0.25, 0.3) is 5.91 Å². The molecule has 1 aliphatic rings. The maximum Gasteiger partial charge on any atom is 0.271 e. The Hall–Kier alpha value is -2.44. The van der Waals surface area contributed by atoms with E-state index >= 15 is 0 Å². The number of nitrogens with one attached hydrogen (secondary N) is 1. The standard InChI is InChI=1S/C22H25N3O2S/c26-22(23-14-19-7-4-12-27-19)20-16-28-21(24-20)15-25-10-8-18(9-11-25)13-17-5-2-1-3-6-17/h1-7,12,16,18H,8-11,13-15H2,(H,23,26). The average molecular weight is 396 g/mol. The lowest BCUT2D eigenvalue weighted by molar-refractivity contribution is 0.0943. The van der Waals surface area contributed by atoms with Gasteiger partial charge in [0.2, 0.25) is 0 Å². The first kappa shape index (κ1) is 18.9. The summed E-state index contributed by atoms with van der Waals surface area (Å²) < 4.78 is 5.23. The summed E-state index contributed by atoms with van der Waals surface area (Å²) >= 11 is 1.56. The van der Waals surface area contributed by atoms with Crippen molar-refractivity contribution in [2.45, 2.75) is 32.4 Å². The van der Waals surface area contributed by atoms with E-state index in [1.807, 2.05) is 17.5 Å². The molecule has 3 heterocycles. The van der Waals surface area contributed by atoms with Crippen molar-refractivity contribution >= 4 is 17.2 Å². The predicted octanol–water partition coefficient (Wildman–Crippen LogP) is 4.12. The quantitative estimate of drug-likeness (QED) is 0.654. The van der Waals surface area contributed by atoms with Gasteiger partial charge in [-0.1, -0.05) is 30.3 Å². The summed E-state index contributed by atoms with van der Waals surface area (Å²) in [4.78, 5) is 19.2. The van der Waals surface area contributed by atoms with Gasteiger partial charge in [-0.25, -0.2) is 4.98 Å². The van der Waals surface area contributed by atoms with Crippen LogP contribution in [0.25, 0.3) is 0 Å². The van der Waals surface area contributed by atoms with Crippen molar-refractivity contribution in [2.24, 2.45) is 5.92 Å². The number of carbonyl (C=O) groups excluding carboxylic acids is 1. The molecule has 1 N–H and O–H groups in total. The SMILES string of the molecule is O=C(NCc1ccco1)c1csc(CN2CCC(Cc3ccccc3)CC2)n1. The van der Waals surface area contributed by atoms with Gasteiger partial charge in [-0.2, -0.15) is 0 Å². The zero-order valence-corrected chi connectivity index (χ0v) is 16.7. The molecule has 0 radical (unpaired) electrons. The van der Waals surface area contributed by atoms with Gasteiger partial charge >= 0.3 is 0 Å². The summed E-state index contributed by atoms with van der Waals surface area (Å²) in [5.41, 5.74) is 1.93. The van der Waals surface area contributed by atoms with Crippen LogP contribution in [0, 0.1) is 5.92 Å². The first-order chi connectivity index (χ1) is 13.8. The van der Waals surface area contributed by atoms with Gasteiger partial charge < -0.3 is 9.73 Å². The molecule has 0 unspecified atom stereocenters. The van der Waals surface area contributed by atoms with Gasteiger partial charge in [0.05, 0.1) is 19.4 Å². The molecule has 146 valence electrons. The van der Waals surface area contributed by atoms with Gasteiger partial charge in [0, 0.05) is 5.38 Å². The number of rotatable bonds is 7. The number of furan rings is 1. The van der Waals surface area contributed by atoms with Crippen LogP contribution in [0.3, 0.4) is 0 Å². The first-order valence-corrected chi connectivity index (χ1v) is 10.7. The van der Waals surface area contributed by atoms with Crippen molar-refractivity contribution in [2.75, 3.05) is 13.1 Å². The smallest absolute Gasteiger partial charge is 0.271 e. The Bertz CT molecular complexity index is 868. The Morgan fingerprint density at radius 2 is 2.00 bits per heavy atom. The van der Waals surface area contributed by atoms with Gasteiger partial charge in [-0.15, -0.1) is 11.3 Å². The first-order valence-electron chi connectivity index (χ1n) is 9.77. The fourth-order valence-corrected chi connectivity index (χ4v) is 4.46. The minimum Gasteiger partial charge on any atom is -0.467 e. The Morgan fingerprint density at radius 1 is 1.18 bits per heavy atom. The molecular weight excluding hydrogens is 370 g/mol. The molecule has 2 aromatic heterocycles. The predicted molar refractivity (Wildman–Crippen MR) is 110 cm³/mol. The maximum atomic E-state index is 12.2. The number of likely N-dealkylation sites (tertiary alicyclic amines) is 1. The van der Waals surface area contributed by atoms with E-state index in [1.165, 1.54) is 24.8 Å². The lowest BCUT2D eigenvalue weighted by Crippen LogP contribution is -2.33. The highest BCUT2D eigenvalue weighted by atomic mass is 32.1. The fraction of sp³-hybridized carbons (Fsp3) is 0.364. The van der Waals surface area contributed by atoms with Crippen molar-refractivity contribution in [1.82, 2.24) is 15.2 Å². The topological polar surface area (TPSA) is 58.4 Å². The molecule has 1 saturated heterocycles. The third-order valence-electron chi connectivity index (χ3n) is 5.22. The number of amides is 1. The Kier molecular flexibility index (Phi) is 6.19. The molecule has 0 aliphatic carbocycles. The van der Waals surface area contributed by atoms with E-state index < -0.39 is 0 Å². The third-order valence-corrected chi connectivity index (χ3v) is 6.05. The van der Waals surface area contributed by atoms with Crippen LogP contribution in [-0.4, -0.2) is 28.9 Å². The summed E-state index contributed by atoms with van der Waals surface area (Å²) in [6.07, 6.45) is 5.21. The van der Waals surface area contributed by atoms with Crippen molar-refractivity contribution in [3.8, 4) is 0 Å². The molecule has 6 heteroatoms. The maximum absolute atomic E-state index is 12.2. The van der Waals surface area contributed by atoms with E-state index in [1.54, 1.807) is 17.6 Å². The van der Waals surface area contributed by atoms with Crippen LogP contribution in [0.4, 0.5) is 0 Å². The van der Waals surface area contributed by atoms with Gasteiger partial charge in [-0.05, 0) is 56.0 Å². The number of benzene rings is 1. The molecule has 4 rings (SSSR count). The van der Waals surface area contributed by atoms with Gasteiger partial charge in [0.15, 0.2) is 0 Å². The number of carbonyl (C=O) groups is 1. The number of piperidine rings is 1. The molecule has 5 nitrogen and oxygen atoms in total. The molecular formula is C22H25N3O2S. The Labute approximate surface area is 169 Å². The molecule has 1 amide bonds. The van der Waals surface area contributed by atoms with Crippen LogP contribution in [0.15, 0.2) is 58.5 Å². The molecule has 0 saturated carbocycles. The van der Waals surface area contributed by atoms with E-state index in [4.69, 9.17) is 4.42 Å². The second-order valence-electron chi connectivity index (χ2n) is 7.30. The summed E-state index contributed by atoms with van der Waals surface area (Å²) in [6, 6.07) is 14.4. The van der Waals surface area contributed by atoms with E-state index in [0.717, 1.165) is 36.3 Å². The molecule has 1 aliphatic heterocycles. The van der Waals surface area contributed by atoms with Crippen LogP contribution in [-0.2, 0) is 19.5 Å². The van der Waals surface area contributed by atoms with E-state index in [0.29, 0.717) is 12.2 Å². The van der Waals surface area contributed by atoms with Crippen LogP contribution in [0.5, 0.6) is 0 Å². The fourth-order valence-electron chi connectivity index (χ4n) is 3.65. The monoisotopic (exact) mass is 395 g/mol. The number of aromatic nitrogens is 1. The van der Waals surface area contributed by atoms with E-state index in [-0.39, 0.29) is 5.91 Å². The number of thiazole rings is 1. The second-order valence-corrected chi connectivity index (χ2v) is 8.24. The molecule has 28 heavy (non-hydrogen) atoms. The average Bonchev–Trinajstić information content (AvgIpc) is 3.41. The van der Waals surface area contributed by atoms with Crippen LogP contribution in [0.2, 0.25) is 0 Å². The lowest BCUT2D eigenvalue weighted by Gasteiger charge is -2.31. The molecule has 1 fully saturated rings. The second kappa shape index (κ2) is 9.17. The zero-order valence-electron chi connectivity index (χ0n) is 15.8. The number of hydrogen-bond acceptors (Lipinski definition) is 5. The summed E-state index contributed by atoms with van der Waals surface area (Å²) in [7, 11) is 0. The lowest BCUT2D eigenvalue weighted by atomic mass is 9.90. The minimum absolute atomic E-state index is 0.152. The molecule has 0 bridgehead atoms. The highest BCUT2D eigenvalue weighted by Gasteiger charge is 2.21. The van der Waals surface area contributed by atoms with Crippen LogP contribution < -0.4 is 5.32 Å². The molecule has 3 aromatic rings. The molecule has 1 aromatic carbocycles. The summed E-state index contributed by atoms with van der Waals surface area (Å²) in [6.45, 7) is 3.40. The van der Waals surface area contributed by atoms with Crippen LogP contribution >= 0.6 is 11.3 Å². The molecule has 0 spiro atoms. The largest absolute Gasteiger partial charge is 0.467 e. The van der Waals surface area contributed by atoms with E-state index in [9.17, 15) is 4.79 Å². The van der Waals surface area contributed by atoms with Crippen LogP contribution in [0.1, 0.15) is 39.7 Å². The van der Waals surface area contributed by atoms with Gasteiger partial charge in [-0.3, -0.25) is 9.69 Å². The Morgan fingerprint density at radius 3 is 2.75 bits per heavy atom. The van der Waals surface area contributed by atoms with Gasteiger partial charge in [0.1, 0.15) is 16.5 Å². The normalized spacial score (nSPS) is 15.6. The van der Waals surface area contributed by atoms with Crippen molar-refractivity contribution < 1.29 is 9.21 Å². The highest BCUT2D eigenvalue weighted by molar-refractivity contribution is 7.09. The minimum atomic E-state index is -0.152. The zero-order chi connectivity index (χ0) is 19.2. The number of hydrogen-bond donors (Lipinski definition) is 1. The summed E-state index contributed by atoms with van der Waals surface area (Å²) in [5.74, 6) is 1.35. The third kappa shape index (κ3) is 5.09. The van der Waals surface area contributed by atoms with Crippen molar-refractivity contribution in [3.63, 3.8) is 0 Å². The molecule has 0 atom stereocenters.